The maximum Gasteiger partial charge on any atom is 0.146 e. The highest BCUT2D eigenvalue weighted by atomic mass is 16.5. The molecule has 0 fully saturated rings. The quantitative estimate of drug-likeness (QED) is 0.864. The Morgan fingerprint density at radius 3 is 2.58 bits per heavy atom. The van der Waals surface area contributed by atoms with Crippen LogP contribution in [0, 0.1) is 0 Å². The van der Waals surface area contributed by atoms with Crippen LogP contribution in [0.25, 0.3) is 0 Å². The predicted octanol–water partition coefficient (Wildman–Crippen LogP) is 2.06. The number of hydrogen-bond donors (Lipinski definition) is 1. The number of rotatable bonds is 6. The Balaban J connectivity index is 2.01. The zero-order valence-corrected chi connectivity index (χ0v) is 11.6. The van der Waals surface area contributed by atoms with Crippen LogP contribution in [0.3, 0.4) is 0 Å². The largest absolute Gasteiger partial charge is 0.497 e. The van der Waals surface area contributed by atoms with Crippen molar-refractivity contribution in [1.29, 1.82) is 0 Å². The maximum atomic E-state index is 5.18. The first-order valence-electron chi connectivity index (χ1n) is 6.44. The van der Waals surface area contributed by atoms with Crippen molar-refractivity contribution < 1.29 is 4.74 Å². The fourth-order valence-electron chi connectivity index (χ4n) is 2.02. The molecular weight excluding hydrogens is 240 g/mol. The standard InChI is InChI=1S/C14H20N4O/c1-4-13(11-5-7-12(19-3)8-6-11)15-9-14-17-16-10-18(14)2/h5-8,10,13,15H,4,9H2,1-3H3. The van der Waals surface area contributed by atoms with E-state index in [1.54, 1.807) is 13.4 Å². The topological polar surface area (TPSA) is 52.0 Å². The van der Waals surface area contributed by atoms with Crippen molar-refractivity contribution in [1.82, 2.24) is 20.1 Å². The van der Waals surface area contributed by atoms with Gasteiger partial charge in [0.15, 0.2) is 0 Å². The second kappa shape index (κ2) is 6.33. The van der Waals surface area contributed by atoms with Crippen LogP contribution >= 0.6 is 0 Å². The van der Waals surface area contributed by atoms with E-state index in [1.165, 1.54) is 5.56 Å². The SMILES string of the molecule is CCC(NCc1nncn1C)c1ccc(OC)cc1. The number of benzene rings is 1. The fourth-order valence-corrected chi connectivity index (χ4v) is 2.02. The molecule has 1 N–H and O–H groups in total. The van der Waals surface area contributed by atoms with E-state index in [-0.39, 0.29) is 0 Å². The van der Waals surface area contributed by atoms with E-state index >= 15 is 0 Å². The molecule has 0 spiro atoms. The smallest absolute Gasteiger partial charge is 0.146 e. The van der Waals surface area contributed by atoms with Crippen molar-refractivity contribution in [2.45, 2.75) is 25.9 Å². The predicted molar refractivity (Wildman–Crippen MR) is 73.9 cm³/mol. The van der Waals surface area contributed by atoms with Crippen molar-refractivity contribution in [2.24, 2.45) is 7.05 Å². The first-order chi connectivity index (χ1) is 9.24. The van der Waals surface area contributed by atoms with Gasteiger partial charge in [0.25, 0.3) is 0 Å². The number of aryl methyl sites for hydroxylation is 1. The lowest BCUT2D eigenvalue weighted by Gasteiger charge is -2.17. The van der Waals surface area contributed by atoms with Gasteiger partial charge in [0, 0.05) is 13.1 Å². The van der Waals surface area contributed by atoms with Crippen molar-refractivity contribution in [2.75, 3.05) is 7.11 Å². The highest BCUT2D eigenvalue weighted by molar-refractivity contribution is 5.29. The van der Waals surface area contributed by atoms with Crippen LogP contribution < -0.4 is 10.1 Å². The Bertz CT molecular complexity index is 506. The minimum absolute atomic E-state index is 0.308. The van der Waals surface area contributed by atoms with Gasteiger partial charge in [0.2, 0.25) is 0 Å². The van der Waals surface area contributed by atoms with E-state index < -0.39 is 0 Å². The van der Waals surface area contributed by atoms with Gasteiger partial charge in [-0.2, -0.15) is 0 Å². The van der Waals surface area contributed by atoms with Crippen molar-refractivity contribution in [3.05, 3.63) is 42.0 Å². The number of nitrogens with one attached hydrogen (secondary N) is 1. The molecule has 2 rings (SSSR count). The Kier molecular flexibility index (Phi) is 4.52. The minimum atomic E-state index is 0.308. The lowest BCUT2D eigenvalue weighted by Crippen LogP contribution is -2.22. The summed E-state index contributed by atoms with van der Waals surface area (Å²) in [5.74, 6) is 1.82. The molecule has 0 saturated carbocycles. The summed E-state index contributed by atoms with van der Waals surface area (Å²) in [7, 11) is 3.63. The number of methoxy groups -OCH3 is 1. The average Bonchev–Trinajstić information content (AvgIpc) is 2.86. The molecule has 1 aromatic carbocycles. The molecule has 0 saturated heterocycles. The Labute approximate surface area is 113 Å². The van der Waals surface area contributed by atoms with Gasteiger partial charge in [0.1, 0.15) is 17.9 Å². The first-order valence-corrected chi connectivity index (χ1v) is 6.44. The second-order valence-electron chi connectivity index (χ2n) is 4.47. The van der Waals surface area contributed by atoms with Crippen LogP contribution in [0.2, 0.25) is 0 Å². The van der Waals surface area contributed by atoms with Gasteiger partial charge >= 0.3 is 0 Å². The van der Waals surface area contributed by atoms with Gasteiger partial charge in [-0.15, -0.1) is 10.2 Å². The third-order valence-electron chi connectivity index (χ3n) is 3.24. The fraction of sp³-hybridized carbons (Fsp3) is 0.429. The molecule has 19 heavy (non-hydrogen) atoms. The number of nitrogens with zero attached hydrogens (tertiary/aromatic N) is 3. The molecule has 0 bridgehead atoms. The van der Waals surface area contributed by atoms with Gasteiger partial charge in [-0.3, -0.25) is 0 Å². The third kappa shape index (κ3) is 3.32. The molecule has 5 heteroatoms. The summed E-state index contributed by atoms with van der Waals surface area (Å²) >= 11 is 0. The summed E-state index contributed by atoms with van der Waals surface area (Å²) in [4.78, 5) is 0. The molecule has 0 aliphatic rings. The third-order valence-corrected chi connectivity index (χ3v) is 3.24. The van der Waals surface area contributed by atoms with E-state index in [0.29, 0.717) is 12.6 Å². The van der Waals surface area contributed by atoms with Crippen LogP contribution in [0.4, 0.5) is 0 Å². The molecule has 0 radical (unpaired) electrons. The van der Waals surface area contributed by atoms with Gasteiger partial charge in [-0.25, -0.2) is 0 Å². The van der Waals surface area contributed by atoms with Gasteiger partial charge in [-0.05, 0) is 24.1 Å². The molecule has 0 amide bonds. The van der Waals surface area contributed by atoms with E-state index in [4.69, 9.17) is 4.74 Å². The van der Waals surface area contributed by atoms with Crippen LogP contribution in [-0.2, 0) is 13.6 Å². The van der Waals surface area contributed by atoms with E-state index in [2.05, 4.69) is 34.6 Å². The zero-order chi connectivity index (χ0) is 13.7. The normalized spacial score (nSPS) is 12.4. The maximum absolute atomic E-state index is 5.18. The van der Waals surface area contributed by atoms with Gasteiger partial charge in [0.05, 0.1) is 13.7 Å². The lowest BCUT2D eigenvalue weighted by molar-refractivity contribution is 0.414. The van der Waals surface area contributed by atoms with Gasteiger partial charge < -0.3 is 14.6 Å². The molecule has 1 heterocycles. The molecule has 1 aromatic heterocycles. The summed E-state index contributed by atoms with van der Waals surface area (Å²) in [5, 5.41) is 11.5. The number of hydrogen-bond acceptors (Lipinski definition) is 4. The molecule has 1 unspecified atom stereocenters. The summed E-state index contributed by atoms with van der Waals surface area (Å²) in [5.41, 5.74) is 1.26. The highest BCUT2D eigenvalue weighted by Gasteiger charge is 2.10. The van der Waals surface area contributed by atoms with Crippen LogP contribution in [0.5, 0.6) is 5.75 Å². The van der Waals surface area contributed by atoms with Crippen molar-refractivity contribution in [3.8, 4) is 5.75 Å². The number of aromatic nitrogens is 3. The van der Waals surface area contributed by atoms with Gasteiger partial charge in [-0.1, -0.05) is 19.1 Å². The summed E-state index contributed by atoms with van der Waals surface area (Å²) in [6.45, 7) is 2.87. The second-order valence-corrected chi connectivity index (χ2v) is 4.47. The highest BCUT2D eigenvalue weighted by Crippen LogP contribution is 2.20. The Morgan fingerprint density at radius 1 is 1.32 bits per heavy atom. The van der Waals surface area contributed by atoms with Crippen LogP contribution in [0.1, 0.15) is 30.8 Å². The summed E-state index contributed by atoms with van der Waals surface area (Å²) in [6.07, 6.45) is 2.73. The van der Waals surface area contributed by atoms with Crippen molar-refractivity contribution >= 4 is 0 Å². The summed E-state index contributed by atoms with van der Waals surface area (Å²) in [6, 6.07) is 8.47. The Hall–Kier alpha value is -1.88. The zero-order valence-electron chi connectivity index (χ0n) is 11.6. The first kappa shape index (κ1) is 13.5. The molecule has 1 atom stereocenters. The number of ether oxygens (including phenoxy) is 1. The minimum Gasteiger partial charge on any atom is -0.497 e. The summed E-state index contributed by atoms with van der Waals surface area (Å²) < 4.78 is 7.10. The molecule has 5 nitrogen and oxygen atoms in total. The van der Waals surface area contributed by atoms with E-state index in [1.807, 2.05) is 23.7 Å². The monoisotopic (exact) mass is 260 g/mol. The van der Waals surface area contributed by atoms with E-state index in [9.17, 15) is 0 Å². The Morgan fingerprint density at radius 2 is 2.05 bits per heavy atom. The molecular formula is C14H20N4O. The van der Waals surface area contributed by atoms with E-state index in [0.717, 1.165) is 18.0 Å². The molecule has 2 aromatic rings. The average molecular weight is 260 g/mol. The van der Waals surface area contributed by atoms with Crippen LogP contribution in [-0.4, -0.2) is 21.9 Å². The molecule has 0 aliphatic heterocycles. The lowest BCUT2D eigenvalue weighted by atomic mass is 10.0. The van der Waals surface area contributed by atoms with Crippen molar-refractivity contribution in [3.63, 3.8) is 0 Å². The molecule has 102 valence electrons. The molecule has 0 aliphatic carbocycles. The van der Waals surface area contributed by atoms with Crippen LogP contribution in [0.15, 0.2) is 30.6 Å².